The molecule has 0 fully saturated rings. The van der Waals surface area contributed by atoms with E-state index in [1.54, 1.807) is 0 Å². The lowest BCUT2D eigenvalue weighted by atomic mass is 9.70. The predicted molar refractivity (Wildman–Crippen MR) is 466 cm³/mol. The molecule has 0 saturated carbocycles. The molecule has 0 radical (unpaired) electrons. The van der Waals surface area contributed by atoms with Gasteiger partial charge in [-0.25, -0.2) is 0 Å². The SMILES string of the molecule is c1ccc(-c2ccc(N(c3ccc(-c4cccc(-c5ccc(-c6ccc(N(c7ccc(-c8ccc9c(c8)C8(c%10ccccc%10-c%10ccccc%108)c8ccccc8-9)cc7)c7cccc(-c8ccccc8)c7)cc6)cc5)c4)cc3)c3ccc(-c4ccc5c(c4)C4(c6ccccc6-c6ccccc64)c4ccccc4-5)cc3)cc2)cc1. The third-order valence-corrected chi connectivity index (χ3v) is 24.4. The first kappa shape index (κ1) is 64.7. The Balaban J connectivity index is 0.546. The summed E-state index contributed by atoms with van der Waals surface area (Å²) in [6.45, 7) is 0. The van der Waals surface area contributed by atoms with Gasteiger partial charge in [0.25, 0.3) is 0 Å². The second kappa shape index (κ2) is 26.2. The second-order valence-corrected chi connectivity index (χ2v) is 30.1. The van der Waals surface area contributed by atoms with E-state index >= 15 is 0 Å². The molecule has 0 amide bonds. The van der Waals surface area contributed by atoms with Gasteiger partial charge >= 0.3 is 0 Å². The van der Waals surface area contributed by atoms with Crippen LogP contribution in [-0.2, 0) is 10.8 Å². The van der Waals surface area contributed by atoms with Crippen molar-refractivity contribution in [2.75, 3.05) is 9.80 Å². The minimum Gasteiger partial charge on any atom is -0.311 e. The summed E-state index contributed by atoms with van der Waals surface area (Å²) in [4.78, 5) is 4.77. The summed E-state index contributed by atoms with van der Waals surface area (Å²) in [6.07, 6.45) is 0. The minimum absolute atomic E-state index is 0.403. The largest absolute Gasteiger partial charge is 0.311 e. The molecule has 522 valence electrons. The Morgan fingerprint density at radius 1 is 0.116 bits per heavy atom. The van der Waals surface area contributed by atoms with Crippen LogP contribution >= 0.6 is 0 Å². The molecule has 0 aromatic heterocycles. The van der Waals surface area contributed by atoms with E-state index in [1.165, 1.54) is 139 Å². The topological polar surface area (TPSA) is 6.48 Å². The van der Waals surface area contributed by atoms with E-state index in [0.717, 1.165) is 61.9 Å². The van der Waals surface area contributed by atoms with Crippen molar-refractivity contribution >= 4 is 34.1 Å². The van der Waals surface area contributed by atoms with Gasteiger partial charge in [0.1, 0.15) is 0 Å². The normalized spacial score (nSPS) is 13.0. The molecule has 4 aliphatic rings. The monoisotopic (exact) mass is 1420 g/mol. The highest BCUT2D eigenvalue weighted by Crippen LogP contribution is 2.65. The molecular formula is C110H72N2. The maximum atomic E-state index is 2.48. The zero-order chi connectivity index (χ0) is 73.9. The molecule has 2 heteroatoms. The number of anilines is 6. The number of rotatable bonds is 13. The first-order valence-corrected chi connectivity index (χ1v) is 38.9. The van der Waals surface area contributed by atoms with Gasteiger partial charge in [0, 0.05) is 34.1 Å². The Hall–Kier alpha value is -14.4. The summed E-state index contributed by atoms with van der Waals surface area (Å²) in [6, 6.07) is 162. The summed E-state index contributed by atoms with van der Waals surface area (Å²) >= 11 is 0. The Kier molecular flexibility index (Phi) is 15.1. The molecule has 2 spiro atoms. The van der Waals surface area contributed by atoms with Crippen molar-refractivity contribution < 1.29 is 0 Å². The van der Waals surface area contributed by atoms with Crippen molar-refractivity contribution in [3.8, 4) is 122 Å². The highest BCUT2D eigenvalue weighted by atomic mass is 15.1. The summed E-state index contributed by atoms with van der Waals surface area (Å²) in [5.41, 5.74) is 43.4. The lowest BCUT2D eigenvalue weighted by molar-refractivity contribution is 0.794. The molecule has 112 heavy (non-hydrogen) atoms. The lowest BCUT2D eigenvalue weighted by Crippen LogP contribution is -2.25. The summed E-state index contributed by atoms with van der Waals surface area (Å²) < 4.78 is 0. The lowest BCUT2D eigenvalue weighted by Gasteiger charge is -2.30. The van der Waals surface area contributed by atoms with E-state index in [2.05, 4.69) is 447 Å². The highest BCUT2D eigenvalue weighted by molar-refractivity contribution is 5.99. The van der Waals surface area contributed by atoms with E-state index in [-0.39, 0.29) is 0 Å². The zero-order valence-electron chi connectivity index (χ0n) is 61.5. The Morgan fingerprint density at radius 2 is 0.312 bits per heavy atom. The van der Waals surface area contributed by atoms with Crippen molar-refractivity contribution in [2.45, 2.75) is 10.8 Å². The van der Waals surface area contributed by atoms with Crippen LogP contribution in [0.5, 0.6) is 0 Å². The van der Waals surface area contributed by atoms with E-state index in [1.807, 2.05) is 0 Å². The van der Waals surface area contributed by atoms with Crippen LogP contribution in [0.15, 0.2) is 437 Å². The number of benzene rings is 18. The maximum absolute atomic E-state index is 2.48. The molecule has 0 unspecified atom stereocenters. The van der Waals surface area contributed by atoms with E-state index in [0.29, 0.717) is 0 Å². The van der Waals surface area contributed by atoms with Gasteiger partial charge in [0.05, 0.1) is 10.8 Å². The molecule has 0 saturated heterocycles. The van der Waals surface area contributed by atoms with Crippen LogP contribution in [0.4, 0.5) is 34.1 Å². The van der Waals surface area contributed by atoms with Gasteiger partial charge in [-0.05, 0) is 258 Å². The Bertz CT molecular complexity index is 6570. The van der Waals surface area contributed by atoms with E-state index in [9.17, 15) is 0 Å². The second-order valence-electron chi connectivity index (χ2n) is 30.1. The van der Waals surface area contributed by atoms with Crippen molar-refractivity contribution in [1.82, 2.24) is 0 Å². The van der Waals surface area contributed by atoms with Crippen molar-refractivity contribution in [3.05, 3.63) is 481 Å². The number of hydrogen-bond donors (Lipinski definition) is 0. The number of hydrogen-bond acceptors (Lipinski definition) is 2. The fourth-order valence-corrected chi connectivity index (χ4v) is 19.3. The molecule has 0 aliphatic heterocycles. The first-order chi connectivity index (χ1) is 55.5. The number of nitrogens with zero attached hydrogens (tertiary/aromatic N) is 2. The molecule has 0 N–H and O–H groups in total. The quantitative estimate of drug-likeness (QED) is 0.114. The summed E-state index contributed by atoms with van der Waals surface area (Å²) in [5.74, 6) is 0. The molecule has 0 bridgehead atoms. The minimum atomic E-state index is -0.404. The summed E-state index contributed by atoms with van der Waals surface area (Å²) in [5, 5.41) is 0. The smallest absolute Gasteiger partial charge is 0.0725 e. The molecule has 22 rings (SSSR count). The van der Waals surface area contributed by atoms with Gasteiger partial charge in [-0.3, -0.25) is 0 Å². The van der Waals surface area contributed by atoms with Gasteiger partial charge in [-0.15, -0.1) is 0 Å². The average Bonchev–Trinajstić information content (AvgIpc) is 1.52. The van der Waals surface area contributed by atoms with Crippen LogP contribution in [0.3, 0.4) is 0 Å². The summed E-state index contributed by atoms with van der Waals surface area (Å²) in [7, 11) is 0. The third-order valence-electron chi connectivity index (χ3n) is 24.4. The molecule has 18 aromatic rings. The van der Waals surface area contributed by atoms with Crippen LogP contribution in [0.1, 0.15) is 44.5 Å². The molecular weight excluding hydrogens is 1350 g/mol. The van der Waals surface area contributed by atoms with E-state index < -0.39 is 10.8 Å². The molecule has 18 aromatic carbocycles. The van der Waals surface area contributed by atoms with Crippen molar-refractivity contribution in [2.24, 2.45) is 0 Å². The van der Waals surface area contributed by atoms with Gasteiger partial charge < -0.3 is 9.80 Å². The van der Waals surface area contributed by atoms with Gasteiger partial charge in [-0.2, -0.15) is 0 Å². The van der Waals surface area contributed by atoms with Crippen LogP contribution in [0, 0.1) is 0 Å². The maximum Gasteiger partial charge on any atom is 0.0725 e. The third kappa shape index (κ3) is 10.2. The van der Waals surface area contributed by atoms with Crippen LogP contribution < -0.4 is 9.80 Å². The Labute approximate surface area is 654 Å². The van der Waals surface area contributed by atoms with Crippen molar-refractivity contribution in [3.63, 3.8) is 0 Å². The highest BCUT2D eigenvalue weighted by Gasteiger charge is 2.53. The standard InChI is InChI=1S/C110H72N2/c1-3-21-73(22-4-1)76-45-57-87(58-46-76)111(89-63-51-80(52-64-89)85-55-67-99-97-33-11-17-39-105(97)109(107(99)71-85)101-35-13-7-29-93(101)94-30-8-14-36-102(94)109)88-61-49-79(50-62-88)83-26-19-25-82(69-83)78-43-41-75(42-44-78)77-47-59-90(60-48-77)112(92-28-20-27-84(70-92)74-23-5-2-6-24-74)91-65-53-81(54-66-91)86-56-68-100-98-34-12-18-40-106(98)110(108(100)72-86)103-37-15-9-31-95(103)96-32-10-16-38-104(96)110/h1-72H. The van der Waals surface area contributed by atoms with Gasteiger partial charge in [0.2, 0.25) is 0 Å². The van der Waals surface area contributed by atoms with Crippen molar-refractivity contribution in [1.29, 1.82) is 0 Å². The molecule has 0 atom stereocenters. The predicted octanol–water partition coefficient (Wildman–Crippen LogP) is 29.0. The Morgan fingerprint density at radius 3 is 0.625 bits per heavy atom. The number of fused-ring (bicyclic) bond motifs is 20. The average molecular weight is 1420 g/mol. The first-order valence-electron chi connectivity index (χ1n) is 38.9. The molecule has 2 nitrogen and oxygen atoms in total. The zero-order valence-corrected chi connectivity index (χ0v) is 61.5. The van der Waals surface area contributed by atoms with E-state index in [4.69, 9.17) is 0 Å². The van der Waals surface area contributed by atoms with Crippen LogP contribution in [0.25, 0.3) is 122 Å². The van der Waals surface area contributed by atoms with Crippen LogP contribution in [0.2, 0.25) is 0 Å². The fourth-order valence-electron chi connectivity index (χ4n) is 19.3. The molecule has 0 heterocycles. The van der Waals surface area contributed by atoms with Gasteiger partial charge in [0.15, 0.2) is 0 Å². The van der Waals surface area contributed by atoms with Crippen LogP contribution in [-0.4, -0.2) is 0 Å². The van der Waals surface area contributed by atoms with Gasteiger partial charge in [-0.1, -0.05) is 346 Å². The molecule has 4 aliphatic carbocycles. The fraction of sp³-hybridized carbons (Fsp3) is 0.0182.